The molecule has 4 rings (SSSR count). The van der Waals surface area contributed by atoms with Crippen molar-refractivity contribution in [1.82, 2.24) is 15.1 Å². The summed E-state index contributed by atoms with van der Waals surface area (Å²) >= 11 is 0. The molecule has 1 heterocycles. The fraction of sp³-hybridized carbons (Fsp3) is 0.435. The summed E-state index contributed by atoms with van der Waals surface area (Å²) in [5, 5.41) is 3.09. The zero-order valence-corrected chi connectivity index (χ0v) is 17.1. The first-order valence-corrected chi connectivity index (χ1v) is 10.4. The predicted molar refractivity (Wildman–Crippen MR) is 110 cm³/mol. The highest BCUT2D eigenvalue weighted by Gasteiger charge is 2.33. The van der Waals surface area contributed by atoms with Crippen LogP contribution in [-0.2, 0) is 11.3 Å². The van der Waals surface area contributed by atoms with Gasteiger partial charge in [0.2, 0.25) is 5.91 Å². The maximum absolute atomic E-state index is 14.0. The number of carbonyl (C=O) groups is 1. The summed E-state index contributed by atoms with van der Waals surface area (Å²) in [6, 6.07) is 11.1. The van der Waals surface area contributed by atoms with E-state index in [9.17, 15) is 13.6 Å². The molecule has 7 heteroatoms. The summed E-state index contributed by atoms with van der Waals surface area (Å²) < 4.78 is 32.3. The first-order chi connectivity index (χ1) is 14.5. The smallest absolute Gasteiger partial charge is 0.242 e. The monoisotopic (exact) mass is 415 g/mol. The van der Waals surface area contributed by atoms with Crippen molar-refractivity contribution in [1.29, 1.82) is 0 Å². The molecule has 0 bridgehead atoms. The van der Waals surface area contributed by atoms with Crippen LogP contribution < -0.4 is 10.1 Å². The van der Waals surface area contributed by atoms with Gasteiger partial charge in [0.25, 0.3) is 0 Å². The van der Waals surface area contributed by atoms with Crippen LogP contribution in [0.2, 0.25) is 0 Å². The van der Waals surface area contributed by atoms with Crippen molar-refractivity contribution in [2.24, 2.45) is 0 Å². The Morgan fingerprint density at radius 3 is 2.40 bits per heavy atom. The van der Waals surface area contributed by atoms with Crippen LogP contribution in [0.5, 0.6) is 5.75 Å². The predicted octanol–water partition coefficient (Wildman–Crippen LogP) is 3.11. The van der Waals surface area contributed by atoms with E-state index in [-0.39, 0.29) is 29.3 Å². The SMILES string of the molecule is COc1ccc(CN2CCN(C(C(=O)NC3CC3)c3ccc(F)cc3)CC2)cc1F. The number of piperazine rings is 1. The second-order valence-electron chi connectivity index (χ2n) is 8.02. The summed E-state index contributed by atoms with van der Waals surface area (Å²) in [4.78, 5) is 17.3. The Balaban J connectivity index is 1.41. The average molecular weight is 415 g/mol. The molecule has 0 radical (unpaired) electrons. The Hall–Kier alpha value is -2.51. The number of amides is 1. The summed E-state index contributed by atoms with van der Waals surface area (Å²) in [7, 11) is 1.45. The molecule has 160 valence electrons. The molecule has 1 saturated carbocycles. The average Bonchev–Trinajstić information content (AvgIpc) is 3.55. The van der Waals surface area contributed by atoms with E-state index in [1.807, 2.05) is 6.07 Å². The Labute approximate surface area is 175 Å². The lowest BCUT2D eigenvalue weighted by molar-refractivity contribution is -0.127. The fourth-order valence-corrected chi connectivity index (χ4v) is 3.93. The first kappa shape index (κ1) is 20.8. The Kier molecular flexibility index (Phi) is 6.29. The number of halogens is 2. The zero-order valence-electron chi connectivity index (χ0n) is 17.1. The Morgan fingerprint density at radius 1 is 1.10 bits per heavy atom. The highest BCUT2D eigenvalue weighted by Crippen LogP contribution is 2.27. The van der Waals surface area contributed by atoms with Crippen molar-refractivity contribution in [2.45, 2.75) is 31.5 Å². The number of nitrogens with zero attached hydrogens (tertiary/aromatic N) is 2. The van der Waals surface area contributed by atoms with Crippen molar-refractivity contribution >= 4 is 5.91 Å². The number of rotatable bonds is 7. The molecule has 2 aliphatic rings. The van der Waals surface area contributed by atoms with Gasteiger partial charge in [0.15, 0.2) is 11.6 Å². The normalized spacial score (nSPS) is 18.8. The molecule has 5 nitrogen and oxygen atoms in total. The molecule has 1 aliphatic heterocycles. The Morgan fingerprint density at radius 2 is 1.80 bits per heavy atom. The van der Waals surface area contributed by atoms with E-state index in [0.29, 0.717) is 19.6 Å². The third-order valence-electron chi connectivity index (χ3n) is 5.75. The van der Waals surface area contributed by atoms with E-state index in [0.717, 1.165) is 37.1 Å². The molecule has 1 N–H and O–H groups in total. The van der Waals surface area contributed by atoms with E-state index in [1.165, 1.54) is 25.3 Å². The van der Waals surface area contributed by atoms with Crippen LogP contribution in [0.4, 0.5) is 8.78 Å². The number of nitrogens with one attached hydrogen (secondary N) is 1. The van der Waals surface area contributed by atoms with Crippen LogP contribution in [0.1, 0.15) is 30.0 Å². The highest BCUT2D eigenvalue weighted by atomic mass is 19.1. The molecule has 0 spiro atoms. The lowest BCUT2D eigenvalue weighted by Crippen LogP contribution is -2.51. The number of carbonyl (C=O) groups excluding carboxylic acids is 1. The van der Waals surface area contributed by atoms with Gasteiger partial charge in [0, 0.05) is 38.8 Å². The summed E-state index contributed by atoms with van der Waals surface area (Å²) in [5.41, 5.74) is 1.70. The van der Waals surface area contributed by atoms with Crippen molar-refractivity contribution in [2.75, 3.05) is 33.3 Å². The van der Waals surface area contributed by atoms with Crippen molar-refractivity contribution in [3.05, 3.63) is 65.2 Å². The quantitative estimate of drug-likeness (QED) is 0.755. The topological polar surface area (TPSA) is 44.8 Å². The maximum Gasteiger partial charge on any atom is 0.242 e. The number of ether oxygens (including phenoxy) is 1. The Bertz CT molecular complexity index is 879. The van der Waals surface area contributed by atoms with Crippen molar-refractivity contribution < 1.29 is 18.3 Å². The van der Waals surface area contributed by atoms with Gasteiger partial charge in [-0.05, 0) is 48.2 Å². The minimum atomic E-state index is -0.424. The van der Waals surface area contributed by atoms with Crippen LogP contribution in [0.25, 0.3) is 0 Å². The van der Waals surface area contributed by atoms with Gasteiger partial charge >= 0.3 is 0 Å². The standard InChI is InChI=1S/C23H27F2N3O2/c1-30-21-9-2-16(14-20(21)25)15-27-10-12-28(13-11-27)22(23(29)26-19-7-8-19)17-3-5-18(24)6-4-17/h2-6,9,14,19,22H,7-8,10-13,15H2,1H3,(H,26,29). The van der Waals surface area contributed by atoms with Crippen molar-refractivity contribution in [3.8, 4) is 5.75 Å². The van der Waals surface area contributed by atoms with E-state index >= 15 is 0 Å². The molecule has 30 heavy (non-hydrogen) atoms. The van der Waals surface area contributed by atoms with Gasteiger partial charge in [0.1, 0.15) is 11.9 Å². The van der Waals surface area contributed by atoms with Crippen molar-refractivity contribution in [3.63, 3.8) is 0 Å². The van der Waals surface area contributed by atoms with E-state index in [4.69, 9.17) is 4.74 Å². The molecule has 1 amide bonds. The summed E-state index contributed by atoms with van der Waals surface area (Å²) in [6.45, 7) is 3.59. The number of methoxy groups -OCH3 is 1. The largest absolute Gasteiger partial charge is 0.494 e. The third kappa shape index (κ3) is 4.96. The van der Waals surface area contributed by atoms with Crippen LogP contribution in [-0.4, -0.2) is 55.0 Å². The van der Waals surface area contributed by atoms with Gasteiger partial charge in [0.05, 0.1) is 7.11 Å². The lowest BCUT2D eigenvalue weighted by atomic mass is 10.0. The molecule has 1 saturated heterocycles. The lowest BCUT2D eigenvalue weighted by Gasteiger charge is -2.39. The summed E-state index contributed by atoms with van der Waals surface area (Å²) in [5.74, 6) is -0.444. The van der Waals surface area contributed by atoms with E-state index in [1.54, 1.807) is 18.2 Å². The molecular weight excluding hydrogens is 388 g/mol. The first-order valence-electron chi connectivity index (χ1n) is 10.4. The molecule has 0 aromatic heterocycles. The molecule has 2 aromatic carbocycles. The zero-order chi connectivity index (χ0) is 21.1. The van der Waals surface area contributed by atoms with Gasteiger partial charge in [-0.2, -0.15) is 0 Å². The second-order valence-corrected chi connectivity index (χ2v) is 8.02. The van der Waals surface area contributed by atoms with Gasteiger partial charge in [-0.15, -0.1) is 0 Å². The number of benzene rings is 2. The van der Waals surface area contributed by atoms with Gasteiger partial charge in [-0.3, -0.25) is 14.6 Å². The molecule has 2 fully saturated rings. The number of hydrogen-bond donors (Lipinski definition) is 1. The van der Waals surface area contributed by atoms with Gasteiger partial charge in [-0.1, -0.05) is 18.2 Å². The molecular formula is C23H27F2N3O2. The van der Waals surface area contributed by atoms with Gasteiger partial charge in [-0.25, -0.2) is 8.78 Å². The molecule has 1 unspecified atom stereocenters. The maximum atomic E-state index is 14.0. The van der Waals surface area contributed by atoms with Crippen LogP contribution in [0.15, 0.2) is 42.5 Å². The molecule has 1 aliphatic carbocycles. The van der Waals surface area contributed by atoms with E-state index < -0.39 is 6.04 Å². The minimum Gasteiger partial charge on any atom is -0.494 e. The molecule has 2 aromatic rings. The van der Waals surface area contributed by atoms with Crippen LogP contribution >= 0.6 is 0 Å². The minimum absolute atomic E-state index is 0.0187. The number of hydrogen-bond acceptors (Lipinski definition) is 4. The summed E-state index contributed by atoms with van der Waals surface area (Å²) in [6.07, 6.45) is 2.04. The second kappa shape index (κ2) is 9.10. The van der Waals surface area contributed by atoms with Crippen LogP contribution in [0, 0.1) is 11.6 Å². The van der Waals surface area contributed by atoms with E-state index in [2.05, 4.69) is 15.1 Å². The highest BCUT2D eigenvalue weighted by molar-refractivity contribution is 5.83. The van der Waals surface area contributed by atoms with Crippen LogP contribution in [0.3, 0.4) is 0 Å². The molecule has 1 atom stereocenters. The fourth-order valence-electron chi connectivity index (χ4n) is 3.93. The third-order valence-corrected chi connectivity index (χ3v) is 5.75. The van der Waals surface area contributed by atoms with Gasteiger partial charge < -0.3 is 10.1 Å².